The first-order chi connectivity index (χ1) is 2.91. The molecule has 0 atom stereocenters. The maximum atomic E-state index is 4.46. The van der Waals surface area contributed by atoms with E-state index in [0.717, 1.165) is 5.75 Å². The molecule has 0 aromatic rings. The summed E-state index contributed by atoms with van der Waals surface area (Å²) >= 11 is 6.06. The minimum absolute atomic E-state index is 1.06. The normalized spacial score (nSPS) is 7.50. The van der Waals surface area contributed by atoms with E-state index in [1.165, 1.54) is 5.49 Å². The molecule has 1 N–H and O–H groups in total. The summed E-state index contributed by atoms with van der Waals surface area (Å²) in [6, 6.07) is 0. The zero-order valence-corrected chi connectivity index (χ0v) is 5.23. The molecule has 0 heterocycles. The first kappa shape index (κ1) is 6.24. The molecule has 0 aromatic heterocycles. The lowest BCUT2D eigenvalue weighted by molar-refractivity contribution is 1.49. The highest BCUT2D eigenvalue weighted by Gasteiger charge is 1.68. The first-order valence-corrected chi connectivity index (χ1v) is 3.18. The molecule has 0 saturated heterocycles. The maximum absolute atomic E-state index is 4.46. The molecule has 0 fully saturated rings. The van der Waals surface area contributed by atoms with E-state index >= 15 is 0 Å². The molecule has 3 heteroatoms. The van der Waals surface area contributed by atoms with Crippen molar-refractivity contribution >= 4 is 29.7 Å². The Morgan fingerprint density at radius 3 is 2.83 bits per heavy atom. The molecule has 0 unspecified atom stereocenters. The van der Waals surface area contributed by atoms with Gasteiger partial charge in [0.15, 0.2) is 0 Å². The van der Waals surface area contributed by atoms with Crippen molar-refractivity contribution in [3.8, 4) is 0 Å². The van der Waals surface area contributed by atoms with E-state index < -0.39 is 0 Å². The lowest BCUT2D eigenvalue weighted by Gasteiger charge is -1.87. The number of hydrogen-bond acceptors (Lipinski definition) is 2. The van der Waals surface area contributed by atoms with E-state index in [-0.39, 0.29) is 0 Å². The third kappa shape index (κ3) is 4.24. The van der Waals surface area contributed by atoms with Gasteiger partial charge in [0, 0.05) is 5.75 Å². The van der Waals surface area contributed by atoms with Gasteiger partial charge in [-0.15, -0.1) is 0 Å². The van der Waals surface area contributed by atoms with Crippen molar-refractivity contribution in [2.45, 2.75) is 6.92 Å². The van der Waals surface area contributed by atoms with E-state index in [0.29, 0.717) is 0 Å². The summed E-state index contributed by atoms with van der Waals surface area (Å²) in [4.78, 5) is 0. The highest BCUT2D eigenvalue weighted by atomic mass is 32.2. The summed E-state index contributed by atoms with van der Waals surface area (Å²) in [5.41, 5.74) is 1.51. The molecule has 0 rings (SSSR count). The minimum atomic E-state index is 1.06. The van der Waals surface area contributed by atoms with Crippen LogP contribution in [0, 0.1) is 0 Å². The minimum Gasteiger partial charge on any atom is -0.327 e. The monoisotopic (exact) mass is 121 g/mol. The highest BCUT2D eigenvalue weighted by Crippen LogP contribution is 1.85. The Morgan fingerprint density at radius 1 is 2.00 bits per heavy atom. The van der Waals surface area contributed by atoms with Crippen molar-refractivity contribution in [1.29, 1.82) is 0 Å². The van der Waals surface area contributed by atoms with Crippen molar-refractivity contribution in [3.05, 3.63) is 0 Å². The van der Waals surface area contributed by atoms with Crippen LogP contribution in [-0.2, 0) is 0 Å². The van der Waals surface area contributed by atoms with E-state index in [2.05, 4.69) is 23.9 Å². The summed E-state index contributed by atoms with van der Waals surface area (Å²) in [6.45, 7) is 2.07. The van der Waals surface area contributed by atoms with Gasteiger partial charge >= 0.3 is 0 Å². The van der Waals surface area contributed by atoms with Gasteiger partial charge in [0.25, 0.3) is 0 Å². The van der Waals surface area contributed by atoms with Crippen LogP contribution in [0.2, 0.25) is 0 Å². The van der Waals surface area contributed by atoms with Gasteiger partial charge in [0.2, 0.25) is 0 Å². The fraction of sp³-hybridized carbons (Fsp3) is 0.667. The van der Waals surface area contributed by atoms with Crippen LogP contribution in [0.1, 0.15) is 6.92 Å². The highest BCUT2D eigenvalue weighted by molar-refractivity contribution is 7.98. The number of hydrogen-bond donors (Lipinski definition) is 1. The van der Waals surface area contributed by atoms with Gasteiger partial charge in [-0.05, 0) is 0 Å². The Hall–Kier alpha value is 0.240. The standard InChI is InChI=1S/C3H7NS2/c1-2-6-4-3-5/h3H,2H2,1H3,(H,4,5). The van der Waals surface area contributed by atoms with Crippen LogP contribution in [0.4, 0.5) is 0 Å². The van der Waals surface area contributed by atoms with Crippen molar-refractivity contribution in [1.82, 2.24) is 4.72 Å². The van der Waals surface area contributed by atoms with Crippen molar-refractivity contribution in [3.63, 3.8) is 0 Å². The largest absolute Gasteiger partial charge is 0.327 e. The Kier molecular flexibility index (Phi) is 5.45. The molecular weight excluding hydrogens is 114 g/mol. The number of rotatable bonds is 3. The van der Waals surface area contributed by atoms with Crippen LogP contribution in [0.25, 0.3) is 0 Å². The van der Waals surface area contributed by atoms with E-state index in [1.54, 1.807) is 11.9 Å². The molecule has 0 bridgehead atoms. The van der Waals surface area contributed by atoms with Gasteiger partial charge in [-0.2, -0.15) is 0 Å². The van der Waals surface area contributed by atoms with Crippen LogP contribution in [0.3, 0.4) is 0 Å². The summed E-state index contributed by atoms with van der Waals surface area (Å²) in [7, 11) is 0. The van der Waals surface area contributed by atoms with Gasteiger partial charge in [0.05, 0.1) is 5.49 Å². The summed E-state index contributed by atoms with van der Waals surface area (Å²) in [5.74, 6) is 1.06. The molecule has 0 spiro atoms. The van der Waals surface area contributed by atoms with Gasteiger partial charge in [0.1, 0.15) is 0 Å². The second-order valence-corrected chi connectivity index (χ2v) is 2.01. The van der Waals surface area contributed by atoms with E-state index in [1.807, 2.05) is 0 Å². The predicted molar refractivity (Wildman–Crippen MR) is 34.9 cm³/mol. The van der Waals surface area contributed by atoms with E-state index in [9.17, 15) is 0 Å². The Balaban J connectivity index is 2.49. The molecule has 0 saturated carbocycles. The third-order valence-electron chi connectivity index (χ3n) is 0.276. The molecule has 0 aliphatic carbocycles. The summed E-state index contributed by atoms with van der Waals surface area (Å²) in [5, 5.41) is 0. The average Bonchev–Trinajstić information content (AvgIpc) is 1.61. The third-order valence-corrected chi connectivity index (χ3v) is 1.12. The lowest BCUT2D eigenvalue weighted by Crippen LogP contribution is -1.94. The van der Waals surface area contributed by atoms with Crippen LogP contribution < -0.4 is 4.72 Å². The van der Waals surface area contributed by atoms with Crippen molar-refractivity contribution < 1.29 is 0 Å². The topological polar surface area (TPSA) is 12.0 Å². The van der Waals surface area contributed by atoms with Gasteiger partial charge in [-0.25, -0.2) is 0 Å². The summed E-state index contributed by atoms with van der Waals surface area (Å²) < 4.78 is 2.80. The molecule has 0 aliphatic heterocycles. The first-order valence-electron chi connectivity index (χ1n) is 1.72. The van der Waals surface area contributed by atoms with Crippen LogP contribution in [-0.4, -0.2) is 11.2 Å². The Labute approximate surface area is 47.6 Å². The van der Waals surface area contributed by atoms with Gasteiger partial charge in [-0.3, -0.25) is 0 Å². The molecule has 0 radical (unpaired) electrons. The van der Waals surface area contributed by atoms with Crippen LogP contribution >= 0.6 is 24.2 Å². The van der Waals surface area contributed by atoms with E-state index in [4.69, 9.17) is 0 Å². The average molecular weight is 121 g/mol. The second kappa shape index (κ2) is 5.24. The molecular formula is C3H7NS2. The molecule has 0 aromatic carbocycles. The number of thiocarbonyl (C=S) groups is 1. The Morgan fingerprint density at radius 2 is 2.67 bits per heavy atom. The van der Waals surface area contributed by atoms with Gasteiger partial charge < -0.3 is 4.72 Å². The second-order valence-electron chi connectivity index (χ2n) is 0.669. The quantitative estimate of drug-likeness (QED) is 0.342. The van der Waals surface area contributed by atoms with Gasteiger partial charge in [-0.1, -0.05) is 31.1 Å². The van der Waals surface area contributed by atoms with Crippen LogP contribution in [0.5, 0.6) is 0 Å². The smallest absolute Gasteiger partial charge is 0.0713 e. The number of nitrogens with one attached hydrogen (secondary N) is 1. The fourth-order valence-corrected chi connectivity index (χ4v) is 0.556. The fourth-order valence-electron chi connectivity index (χ4n) is 0.117. The summed E-state index contributed by atoms with van der Waals surface area (Å²) in [6.07, 6.45) is 0. The SMILES string of the molecule is CCSNC=S. The molecule has 0 aliphatic rings. The zero-order valence-electron chi connectivity index (χ0n) is 3.60. The Bertz CT molecular complexity index is 37.8. The zero-order chi connectivity index (χ0) is 4.83. The molecule has 0 amide bonds. The lowest BCUT2D eigenvalue weighted by atomic mass is 11.0. The van der Waals surface area contributed by atoms with Crippen LogP contribution in [0.15, 0.2) is 0 Å². The van der Waals surface area contributed by atoms with Crippen molar-refractivity contribution in [2.24, 2.45) is 0 Å². The molecule has 36 valence electrons. The molecule has 1 nitrogen and oxygen atoms in total. The van der Waals surface area contributed by atoms with Crippen molar-refractivity contribution in [2.75, 3.05) is 5.75 Å². The maximum Gasteiger partial charge on any atom is 0.0713 e. The predicted octanol–water partition coefficient (Wildman–Crippen LogP) is 1.20. The molecule has 6 heavy (non-hydrogen) atoms.